The molecule has 0 aliphatic carbocycles. The van der Waals surface area contributed by atoms with Gasteiger partial charge in [0.1, 0.15) is 6.23 Å². The van der Waals surface area contributed by atoms with Crippen molar-refractivity contribution in [3.63, 3.8) is 0 Å². The molecule has 11 heavy (non-hydrogen) atoms. The maximum Gasteiger partial charge on any atom is 0.409 e. The van der Waals surface area contributed by atoms with Crippen molar-refractivity contribution < 1.29 is 15.0 Å². The van der Waals surface area contributed by atoms with Crippen molar-refractivity contribution in [2.45, 2.75) is 32.9 Å². The van der Waals surface area contributed by atoms with E-state index in [1.165, 1.54) is 0 Å². The van der Waals surface area contributed by atoms with Gasteiger partial charge < -0.3 is 10.2 Å². The van der Waals surface area contributed by atoms with Gasteiger partial charge in [0.15, 0.2) is 0 Å². The van der Waals surface area contributed by atoms with Gasteiger partial charge in [0.2, 0.25) is 0 Å². The van der Waals surface area contributed by atoms with Crippen molar-refractivity contribution >= 4 is 6.09 Å². The number of aliphatic hydroxyl groups is 1. The van der Waals surface area contributed by atoms with Crippen LogP contribution in [-0.2, 0) is 0 Å². The van der Waals surface area contributed by atoms with Crippen LogP contribution in [0.1, 0.15) is 26.7 Å². The fraction of sp³-hybridized carbons (Fsp3) is 0.857. The fourth-order valence-electron chi connectivity index (χ4n) is 0.833. The van der Waals surface area contributed by atoms with E-state index in [0.29, 0.717) is 13.0 Å². The summed E-state index contributed by atoms with van der Waals surface area (Å²) in [5.74, 6) is 0. The summed E-state index contributed by atoms with van der Waals surface area (Å²) in [6, 6.07) is 0. The van der Waals surface area contributed by atoms with Gasteiger partial charge in [0, 0.05) is 6.54 Å². The van der Waals surface area contributed by atoms with E-state index in [1.54, 1.807) is 6.92 Å². The molecule has 0 fully saturated rings. The number of carboxylic acid groups (broad SMARTS) is 1. The second-order valence-electron chi connectivity index (χ2n) is 2.36. The van der Waals surface area contributed by atoms with E-state index in [-0.39, 0.29) is 0 Å². The normalized spacial score (nSPS) is 12.6. The second-order valence-corrected chi connectivity index (χ2v) is 2.36. The van der Waals surface area contributed by atoms with E-state index >= 15 is 0 Å². The molecule has 0 saturated carbocycles. The Hall–Kier alpha value is -0.770. The molecular formula is C7H15NO3. The van der Waals surface area contributed by atoms with Gasteiger partial charge >= 0.3 is 6.09 Å². The predicted molar refractivity (Wildman–Crippen MR) is 41.3 cm³/mol. The number of amides is 1. The third-order valence-electron chi connectivity index (χ3n) is 1.44. The van der Waals surface area contributed by atoms with Crippen LogP contribution in [0.25, 0.3) is 0 Å². The van der Waals surface area contributed by atoms with Gasteiger partial charge in [-0.2, -0.15) is 0 Å². The first kappa shape index (κ1) is 10.2. The lowest BCUT2D eigenvalue weighted by molar-refractivity contribution is 0.0102. The molecule has 0 bridgehead atoms. The first-order valence-corrected chi connectivity index (χ1v) is 3.81. The third-order valence-corrected chi connectivity index (χ3v) is 1.44. The molecule has 1 unspecified atom stereocenters. The van der Waals surface area contributed by atoms with E-state index < -0.39 is 12.3 Å². The zero-order chi connectivity index (χ0) is 8.85. The van der Waals surface area contributed by atoms with Crippen LogP contribution in [0.2, 0.25) is 0 Å². The summed E-state index contributed by atoms with van der Waals surface area (Å²) in [6.45, 7) is 4.01. The summed E-state index contributed by atoms with van der Waals surface area (Å²) in [4.78, 5) is 11.5. The summed E-state index contributed by atoms with van der Waals surface area (Å²) >= 11 is 0. The molecule has 4 heteroatoms. The van der Waals surface area contributed by atoms with Crippen molar-refractivity contribution in [3.05, 3.63) is 0 Å². The molecule has 0 radical (unpaired) electrons. The zero-order valence-corrected chi connectivity index (χ0v) is 6.95. The molecule has 2 N–H and O–H groups in total. The number of hydrogen-bond donors (Lipinski definition) is 2. The Kier molecular flexibility index (Phi) is 4.61. The molecule has 0 aromatic heterocycles. The Balaban J connectivity index is 3.97. The van der Waals surface area contributed by atoms with Crippen molar-refractivity contribution in [2.24, 2.45) is 0 Å². The molecular weight excluding hydrogens is 146 g/mol. The Bertz CT molecular complexity index is 127. The molecule has 0 aliphatic heterocycles. The number of aliphatic hydroxyl groups excluding tert-OH is 1. The Morgan fingerprint density at radius 2 is 2.09 bits per heavy atom. The smallest absolute Gasteiger partial charge is 0.409 e. The van der Waals surface area contributed by atoms with Crippen molar-refractivity contribution in [1.82, 2.24) is 4.90 Å². The van der Waals surface area contributed by atoms with Crippen molar-refractivity contribution in [3.8, 4) is 0 Å². The quantitative estimate of drug-likeness (QED) is 0.607. The van der Waals surface area contributed by atoms with Crippen LogP contribution in [-0.4, -0.2) is 34.0 Å². The highest BCUT2D eigenvalue weighted by Crippen LogP contribution is 2.01. The lowest BCUT2D eigenvalue weighted by Crippen LogP contribution is -2.39. The van der Waals surface area contributed by atoms with E-state index in [1.807, 2.05) is 6.92 Å². The first-order valence-electron chi connectivity index (χ1n) is 3.81. The second kappa shape index (κ2) is 4.96. The van der Waals surface area contributed by atoms with Crippen LogP contribution >= 0.6 is 0 Å². The Morgan fingerprint density at radius 3 is 2.36 bits per heavy atom. The molecule has 0 aromatic carbocycles. The zero-order valence-electron chi connectivity index (χ0n) is 6.95. The molecule has 0 aliphatic rings. The standard InChI is InChI=1S/C7H15NO3/c1-3-5-8(7(10)11)6(9)4-2/h6,9H,3-5H2,1-2H3,(H,10,11). The van der Waals surface area contributed by atoms with Gasteiger partial charge in [-0.3, -0.25) is 4.90 Å². The van der Waals surface area contributed by atoms with E-state index in [0.717, 1.165) is 11.3 Å². The van der Waals surface area contributed by atoms with Crippen molar-refractivity contribution in [1.29, 1.82) is 0 Å². The minimum atomic E-state index is -1.05. The van der Waals surface area contributed by atoms with Gasteiger partial charge in [0.25, 0.3) is 0 Å². The molecule has 66 valence electrons. The molecule has 0 spiro atoms. The highest BCUT2D eigenvalue weighted by molar-refractivity contribution is 5.65. The van der Waals surface area contributed by atoms with Crippen molar-refractivity contribution in [2.75, 3.05) is 6.54 Å². The summed E-state index contributed by atoms with van der Waals surface area (Å²) in [5.41, 5.74) is 0. The van der Waals surface area contributed by atoms with E-state index in [9.17, 15) is 4.79 Å². The van der Waals surface area contributed by atoms with Crippen LogP contribution in [0.5, 0.6) is 0 Å². The summed E-state index contributed by atoms with van der Waals surface area (Å²) in [5, 5.41) is 17.7. The lowest BCUT2D eigenvalue weighted by atomic mass is 10.3. The first-order chi connectivity index (χ1) is 5.13. The average Bonchev–Trinajstić information content (AvgIpc) is 1.98. The Labute approximate surface area is 66.4 Å². The summed E-state index contributed by atoms with van der Waals surface area (Å²) < 4.78 is 0. The number of nitrogens with zero attached hydrogens (tertiary/aromatic N) is 1. The number of carbonyl (C=O) groups is 1. The summed E-state index contributed by atoms with van der Waals surface area (Å²) in [6.07, 6.45) is -0.746. The predicted octanol–water partition coefficient (Wildman–Crippen LogP) is 1.10. The molecule has 0 saturated heterocycles. The largest absolute Gasteiger partial charge is 0.465 e. The van der Waals surface area contributed by atoms with Gasteiger partial charge in [-0.15, -0.1) is 0 Å². The van der Waals surface area contributed by atoms with Gasteiger partial charge in [-0.1, -0.05) is 13.8 Å². The highest BCUT2D eigenvalue weighted by atomic mass is 16.4. The van der Waals surface area contributed by atoms with Gasteiger partial charge in [-0.05, 0) is 12.8 Å². The van der Waals surface area contributed by atoms with Gasteiger partial charge in [0.05, 0.1) is 0 Å². The molecule has 0 rings (SSSR count). The third kappa shape index (κ3) is 3.23. The number of hydrogen-bond acceptors (Lipinski definition) is 2. The SMILES string of the molecule is CCCN(C(=O)O)C(O)CC. The lowest BCUT2D eigenvalue weighted by Gasteiger charge is -2.23. The maximum atomic E-state index is 10.5. The van der Waals surface area contributed by atoms with E-state index in [2.05, 4.69) is 0 Å². The Morgan fingerprint density at radius 1 is 1.55 bits per heavy atom. The molecule has 0 heterocycles. The minimum absolute atomic E-state index is 0.393. The fourth-order valence-corrected chi connectivity index (χ4v) is 0.833. The topological polar surface area (TPSA) is 60.8 Å². The minimum Gasteiger partial charge on any atom is -0.465 e. The van der Waals surface area contributed by atoms with Crippen LogP contribution in [0.4, 0.5) is 4.79 Å². The highest BCUT2D eigenvalue weighted by Gasteiger charge is 2.17. The molecule has 4 nitrogen and oxygen atoms in total. The van der Waals surface area contributed by atoms with Crippen LogP contribution in [0.15, 0.2) is 0 Å². The van der Waals surface area contributed by atoms with Crippen LogP contribution < -0.4 is 0 Å². The van der Waals surface area contributed by atoms with E-state index in [4.69, 9.17) is 10.2 Å². The average molecular weight is 161 g/mol. The van der Waals surface area contributed by atoms with Crippen LogP contribution in [0, 0.1) is 0 Å². The summed E-state index contributed by atoms with van der Waals surface area (Å²) in [7, 11) is 0. The molecule has 0 aromatic rings. The molecule has 1 atom stereocenters. The van der Waals surface area contributed by atoms with Gasteiger partial charge in [-0.25, -0.2) is 4.79 Å². The number of rotatable bonds is 4. The molecule has 1 amide bonds. The van der Waals surface area contributed by atoms with Crippen LogP contribution in [0.3, 0.4) is 0 Å². The monoisotopic (exact) mass is 161 g/mol. The maximum absolute atomic E-state index is 10.5.